The summed E-state index contributed by atoms with van der Waals surface area (Å²) in [5.41, 5.74) is 15.5. The number of hydrogen-bond acceptors (Lipinski definition) is 17. The molecule has 15 rings (SSSR count). The maximum Gasteiger partial charge on any atom is 0.489 e. The first-order valence-corrected chi connectivity index (χ1v) is 34.3. The molecule has 0 unspecified atom stereocenters. The number of benzene rings is 5. The van der Waals surface area contributed by atoms with Crippen LogP contribution in [0.3, 0.4) is 0 Å². The molecular weight excluding hydrogens is 1390 g/mol. The number of ketones is 1. The largest absolute Gasteiger partial charge is 0.490 e. The second-order valence-electron chi connectivity index (χ2n) is 24.8. The van der Waals surface area contributed by atoms with E-state index in [0.717, 1.165) is 166 Å². The number of likely N-dealkylation sites (tertiary alicyclic amines) is 3. The van der Waals surface area contributed by atoms with Gasteiger partial charge in [-0.25, -0.2) is 14.8 Å². The first kappa shape index (κ1) is 70.7. The molecule has 0 saturated carbocycles. The van der Waals surface area contributed by atoms with Crippen LogP contribution in [0.4, 0.5) is 5.69 Å². The van der Waals surface area contributed by atoms with Crippen LogP contribution in [0, 0.1) is 6.92 Å². The van der Waals surface area contributed by atoms with Gasteiger partial charge in [-0.15, -0.1) is 0 Å². The Hall–Kier alpha value is -9.60. The van der Waals surface area contributed by atoms with E-state index >= 15 is 0 Å². The van der Waals surface area contributed by atoms with Crippen molar-refractivity contribution in [3.8, 4) is 28.6 Å². The fourth-order valence-electron chi connectivity index (χ4n) is 11.9. The lowest BCUT2D eigenvalue weighted by Gasteiger charge is -2.29. The zero-order valence-corrected chi connectivity index (χ0v) is 58.4. The van der Waals surface area contributed by atoms with E-state index in [4.69, 9.17) is 40.1 Å². The molecule has 0 bridgehead atoms. The van der Waals surface area contributed by atoms with Crippen molar-refractivity contribution in [2.45, 2.75) is 70.2 Å². The first-order chi connectivity index (χ1) is 47.8. The first-order valence-electron chi connectivity index (χ1n) is 32.7. The summed E-state index contributed by atoms with van der Waals surface area (Å²) in [6.07, 6.45) is 17.8. The Bertz CT molecular complexity index is 4850. The van der Waals surface area contributed by atoms with Gasteiger partial charge in [0.1, 0.15) is 52.8 Å². The molecule has 3 aliphatic heterocycles. The van der Waals surface area contributed by atoms with Crippen LogP contribution in [0.1, 0.15) is 72.3 Å². The van der Waals surface area contributed by atoms with E-state index in [1.54, 1.807) is 24.5 Å². The second kappa shape index (κ2) is 32.8. The number of hydrogen-bond donors (Lipinski definition) is 8. The number of halogens is 2. The number of carbonyl (C=O) groups is 2. The number of para-hydroxylation sites is 2. The third-order valence-corrected chi connectivity index (χ3v) is 18.5. The van der Waals surface area contributed by atoms with E-state index in [9.17, 15) is 19.2 Å². The standard InChI is InChI=1S/C28H26N4O2.C18H19BrN4O2.C13H20N2O.C9H8BNO2.C6H4BrNO3/c1-32-14-11-19(12-15-32)34-20-7-8-25-26(17-20)31-28(30-25)23-16-18(6-9-27(23)33)21-10-13-29-24-5-3-2-4-22(21)24;1-23-6-4-12(5-7-23)25-13-2-3-15-16(9-13)22-17(21-15)14-8-11(19)10-20-18(14)24;1-10-3-4-12(9-13(10)14)16-11-5-7-15(2)8-6-11;12-10(13)8-5-6-11-9-4-2-1-3-7(8)9;7-3-1-4(6(10)11)5(9)8-2-3/h2-8,10,13,16-17,19H,9,11-12,14-15H2,1H3,(H,30,31);2-3,8-10,12H,4-7H2,1H3,(H,20,24)(H,21,22);3-4,9,11H,5-8,14H2,1-2H3;1-6,12-13H;1-2H,(H,8,9)(H,10,11). The number of aromatic nitrogens is 8. The van der Waals surface area contributed by atoms with Crippen molar-refractivity contribution in [2.24, 2.45) is 0 Å². The number of aromatic carboxylic acids is 1. The van der Waals surface area contributed by atoms with Crippen LogP contribution in [0.2, 0.25) is 0 Å². The number of imidazole rings is 2. The zero-order chi connectivity index (χ0) is 69.7. The van der Waals surface area contributed by atoms with Gasteiger partial charge in [0.25, 0.3) is 11.1 Å². The average molecular weight is 1470 g/mol. The number of rotatable bonds is 11. The molecule has 510 valence electrons. The number of fused-ring (bicyclic) bond motifs is 4. The molecule has 11 aromatic rings. The number of Topliss-reactive ketones (excluding diaryl/α,β-unsaturated/α-hetero) is 1. The average Bonchev–Trinajstić information content (AvgIpc) is 1.75. The third-order valence-electron chi connectivity index (χ3n) is 17.6. The normalized spacial score (nSPS) is 15.7. The fourth-order valence-corrected chi connectivity index (χ4v) is 12.6. The number of nitrogens with two attached hydrogens (primary N) is 1. The van der Waals surface area contributed by atoms with E-state index in [0.29, 0.717) is 45.2 Å². The Morgan fingerprint density at radius 2 is 1.06 bits per heavy atom. The summed E-state index contributed by atoms with van der Waals surface area (Å²) in [6, 6.07) is 39.7. The zero-order valence-electron chi connectivity index (χ0n) is 55.3. The van der Waals surface area contributed by atoms with Crippen molar-refractivity contribution in [2.75, 3.05) is 66.1 Å². The molecule has 25 heteroatoms. The van der Waals surface area contributed by atoms with Crippen molar-refractivity contribution in [1.82, 2.24) is 54.6 Å². The molecular formula is C74H77BBr2N12O10. The van der Waals surface area contributed by atoms with Crippen molar-refractivity contribution in [1.29, 1.82) is 0 Å². The molecule has 22 nitrogen and oxygen atoms in total. The van der Waals surface area contributed by atoms with Crippen LogP contribution in [-0.2, 0) is 4.79 Å². The van der Waals surface area contributed by atoms with Crippen LogP contribution in [0.5, 0.6) is 17.2 Å². The number of anilines is 1. The highest BCUT2D eigenvalue weighted by molar-refractivity contribution is 9.10. The quantitative estimate of drug-likeness (QED) is 0.0441. The summed E-state index contributed by atoms with van der Waals surface area (Å²) < 4.78 is 19.6. The number of carboxylic acid groups (broad SMARTS) is 1. The molecule has 6 aromatic heterocycles. The van der Waals surface area contributed by atoms with Crippen LogP contribution in [0.25, 0.3) is 66.4 Å². The lowest BCUT2D eigenvalue weighted by molar-refractivity contribution is -0.113. The minimum Gasteiger partial charge on any atom is -0.490 e. The van der Waals surface area contributed by atoms with Gasteiger partial charge in [-0.05, 0) is 199 Å². The summed E-state index contributed by atoms with van der Waals surface area (Å²) in [5, 5.41) is 28.4. The van der Waals surface area contributed by atoms with Crippen LogP contribution in [0.15, 0.2) is 183 Å². The minimum atomic E-state index is -1.44. The Kier molecular flexibility index (Phi) is 23.5. The molecule has 9 N–H and O–H groups in total. The number of ether oxygens (including phenoxy) is 3. The number of piperidine rings is 3. The molecule has 0 amide bonds. The molecule has 4 aliphatic rings. The highest BCUT2D eigenvalue weighted by Gasteiger charge is 2.24. The monoisotopic (exact) mass is 1460 g/mol. The predicted molar refractivity (Wildman–Crippen MR) is 396 cm³/mol. The summed E-state index contributed by atoms with van der Waals surface area (Å²) in [4.78, 5) is 82.3. The Morgan fingerprint density at radius 3 is 1.61 bits per heavy atom. The minimum absolute atomic E-state index is 0.0592. The highest BCUT2D eigenvalue weighted by Crippen LogP contribution is 2.34. The smallest absolute Gasteiger partial charge is 0.489 e. The molecule has 1 aliphatic carbocycles. The van der Waals surface area contributed by atoms with Gasteiger partial charge in [-0.1, -0.05) is 48.5 Å². The number of H-pyrrole nitrogens is 4. The van der Waals surface area contributed by atoms with Crippen molar-refractivity contribution < 1.29 is 39.0 Å². The number of aromatic amines is 4. The summed E-state index contributed by atoms with van der Waals surface area (Å²) in [5.74, 6) is 2.55. The van der Waals surface area contributed by atoms with Crippen molar-refractivity contribution in [3.63, 3.8) is 0 Å². The molecule has 3 fully saturated rings. The maximum absolute atomic E-state index is 12.9. The SMILES string of the molecule is CN1CCC(Oc2ccc3nc(-c4cc(Br)c[nH]c4=O)[nH]c3c2)CC1.CN1CCC(Oc2ccc3nc(C4=CC(c5ccnc6ccccc56)=CCC4=O)[nH]c3c2)CC1.Cc1ccc(OC2CCN(C)CC2)cc1N.O=C(O)c1cc(Br)c[nH]c1=O.OB(O)c1ccnc2ccccc12. The number of carboxylic acids is 1. The number of carbonyl (C=O) groups excluding carboxylic acids is 1. The van der Waals surface area contributed by atoms with Gasteiger partial charge in [-0.2, -0.15) is 0 Å². The third kappa shape index (κ3) is 18.6. The maximum atomic E-state index is 12.9. The van der Waals surface area contributed by atoms with Gasteiger partial charge in [0.15, 0.2) is 5.78 Å². The van der Waals surface area contributed by atoms with E-state index < -0.39 is 18.6 Å². The Balaban J connectivity index is 0.000000134. The van der Waals surface area contributed by atoms with Gasteiger partial charge in [-0.3, -0.25) is 24.4 Å². The number of nitrogens with zero attached hydrogens (tertiary/aromatic N) is 7. The summed E-state index contributed by atoms with van der Waals surface area (Å²) in [6.45, 7) is 8.48. The van der Waals surface area contributed by atoms with Gasteiger partial charge < -0.3 is 69.7 Å². The van der Waals surface area contributed by atoms with Crippen molar-refractivity contribution >= 4 is 117 Å². The lowest BCUT2D eigenvalue weighted by atomic mass is 9.78. The molecule has 5 aromatic carbocycles. The number of nitrogens with one attached hydrogen (secondary N) is 4. The molecule has 0 spiro atoms. The highest BCUT2D eigenvalue weighted by atomic mass is 79.9. The predicted octanol–water partition coefficient (Wildman–Crippen LogP) is 11.0. The van der Waals surface area contributed by atoms with Gasteiger partial charge in [0, 0.05) is 109 Å². The summed E-state index contributed by atoms with van der Waals surface area (Å²) >= 11 is 6.40. The van der Waals surface area contributed by atoms with Crippen LogP contribution < -0.4 is 36.5 Å². The van der Waals surface area contributed by atoms with Gasteiger partial charge in [0.05, 0.1) is 44.2 Å². The number of pyridine rings is 4. The number of allylic oxidation sites excluding steroid dienone is 4. The molecule has 9 heterocycles. The van der Waals surface area contributed by atoms with Gasteiger partial charge in [0.2, 0.25) is 0 Å². The van der Waals surface area contributed by atoms with Crippen molar-refractivity contribution in [3.05, 3.63) is 217 Å². The van der Waals surface area contributed by atoms with E-state index in [1.165, 1.54) is 12.3 Å². The van der Waals surface area contributed by atoms with E-state index in [1.807, 2.05) is 128 Å². The number of nitrogen functional groups attached to an aromatic ring is 1. The lowest BCUT2D eigenvalue weighted by Crippen LogP contribution is -2.35. The van der Waals surface area contributed by atoms with Crippen LogP contribution >= 0.6 is 31.9 Å². The number of aryl methyl sites for hydroxylation is 1. The molecule has 0 radical (unpaired) electrons. The van der Waals surface area contributed by atoms with E-state index in [2.05, 4.69) is 109 Å². The topological polar surface area (TPSA) is 307 Å². The second-order valence-corrected chi connectivity index (χ2v) is 26.7. The van der Waals surface area contributed by atoms with E-state index in [-0.39, 0.29) is 29.1 Å². The molecule has 3 saturated heterocycles. The fraction of sp³-hybridized carbons (Fsp3) is 0.270. The Morgan fingerprint density at radius 1 is 0.576 bits per heavy atom. The molecule has 0 atom stereocenters. The molecule has 99 heavy (non-hydrogen) atoms. The summed E-state index contributed by atoms with van der Waals surface area (Å²) in [7, 11) is 5.00. The Labute approximate surface area is 588 Å². The van der Waals surface area contributed by atoms with Crippen LogP contribution in [-0.4, -0.2) is 167 Å². The van der Waals surface area contributed by atoms with Gasteiger partial charge >= 0.3 is 13.1 Å².